The van der Waals surface area contributed by atoms with Gasteiger partial charge in [-0.15, -0.1) is 0 Å². The Hall–Kier alpha value is -4.26. The number of carbonyl (C=O) groups excluding carboxylic acids is 2. The van der Waals surface area contributed by atoms with Crippen molar-refractivity contribution >= 4 is 17.4 Å². The largest absolute Gasteiger partial charge is 0.507 e. The molecule has 0 aliphatic carbocycles. The Morgan fingerprint density at radius 1 is 0.861 bits per heavy atom. The maximum atomic E-state index is 13.2. The fraction of sp³-hybridized carbons (Fsp3) is 0.241. The van der Waals surface area contributed by atoms with Crippen LogP contribution in [-0.4, -0.2) is 49.1 Å². The zero-order chi connectivity index (χ0) is 25.8. The van der Waals surface area contributed by atoms with Gasteiger partial charge < -0.3 is 24.2 Å². The average Bonchev–Trinajstić information content (AvgIpc) is 3.15. The summed E-state index contributed by atoms with van der Waals surface area (Å²) in [6.07, 6.45) is 0. The maximum absolute atomic E-state index is 13.2. The second-order valence-corrected chi connectivity index (χ2v) is 8.61. The predicted molar refractivity (Wildman–Crippen MR) is 136 cm³/mol. The monoisotopic (exact) mass is 487 g/mol. The lowest BCUT2D eigenvalue weighted by Gasteiger charge is -2.25. The van der Waals surface area contributed by atoms with Crippen molar-refractivity contribution in [1.82, 2.24) is 4.90 Å². The van der Waals surface area contributed by atoms with Crippen LogP contribution in [-0.2, 0) is 9.59 Å². The van der Waals surface area contributed by atoms with E-state index >= 15 is 0 Å². The van der Waals surface area contributed by atoms with Crippen molar-refractivity contribution < 1.29 is 28.9 Å². The van der Waals surface area contributed by atoms with Gasteiger partial charge in [0, 0.05) is 5.56 Å². The lowest BCUT2D eigenvalue weighted by molar-refractivity contribution is -0.140. The summed E-state index contributed by atoms with van der Waals surface area (Å²) in [6.45, 7) is 4.08. The van der Waals surface area contributed by atoms with Crippen molar-refractivity contribution in [2.75, 3.05) is 27.4 Å². The molecule has 36 heavy (non-hydrogen) atoms. The van der Waals surface area contributed by atoms with E-state index in [1.165, 1.54) is 4.90 Å². The number of hydrogen-bond donors (Lipinski definition) is 1. The topological polar surface area (TPSA) is 85.3 Å². The summed E-state index contributed by atoms with van der Waals surface area (Å²) in [6, 6.07) is 19.1. The standard InChI is InChI=1S/C29H29NO6/c1-18-5-6-19(2)24(17-18)27(31)25-26(20-7-9-21(34-3)10-8-20)30(29(33)28(25)32)15-16-36-23-13-11-22(35-4)12-14-23/h5-14,17,26,31H,15-16H2,1-4H3/b27-25+. The molecule has 0 aromatic heterocycles. The van der Waals surface area contributed by atoms with Gasteiger partial charge in [0.15, 0.2) is 0 Å². The normalized spacial score (nSPS) is 16.8. The van der Waals surface area contributed by atoms with Crippen LogP contribution in [0.4, 0.5) is 0 Å². The Labute approximate surface area is 210 Å². The Morgan fingerprint density at radius 3 is 2.06 bits per heavy atom. The average molecular weight is 488 g/mol. The Balaban J connectivity index is 1.70. The molecule has 1 heterocycles. The molecule has 1 unspecified atom stereocenters. The van der Waals surface area contributed by atoms with Gasteiger partial charge in [-0.3, -0.25) is 9.59 Å². The summed E-state index contributed by atoms with van der Waals surface area (Å²) < 4.78 is 16.3. The number of methoxy groups -OCH3 is 2. The van der Waals surface area contributed by atoms with E-state index in [4.69, 9.17) is 14.2 Å². The van der Waals surface area contributed by atoms with Crippen LogP contribution in [0.1, 0.15) is 28.3 Å². The van der Waals surface area contributed by atoms with Crippen LogP contribution in [0.15, 0.2) is 72.3 Å². The van der Waals surface area contributed by atoms with E-state index in [1.54, 1.807) is 62.8 Å². The molecule has 1 N–H and O–H groups in total. The van der Waals surface area contributed by atoms with Crippen molar-refractivity contribution in [3.05, 3.63) is 94.6 Å². The first-order chi connectivity index (χ1) is 17.3. The van der Waals surface area contributed by atoms with Gasteiger partial charge in [0.05, 0.1) is 32.4 Å². The van der Waals surface area contributed by atoms with Gasteiger partial charge in [-0.1, -0.05) is 29.8 Å². The maximum Gasteiger partial charge on any atom is 0.295 e. The molecule has 1 aliphatic heterocycles. The Morgan fingerprint density at radius 2 is 1.44 bits per heavy atom. The lowest BCUT2D eigenvalue weighted by Crippen LogP contribution is -2.33. The first-order valence-corrected chi connectivity index (χ1v) is 11.6. The highest BCUT2D eigenvalue weighted by atomic mass is 16.5. The molecule has 1 fully saturated rings. The van der Waals surface area contributed by atoms with Crippen LogP contribution in [0.25, 0.3) is 5.76 Å². The number of amides is 1. The minimum absolute atomic E-state index is 0.0586. The molecule has 0 saturated carbocycles. The van der Waals surface area contributed by atoms with Gasteiger partial charge in [-0.25, -0.2) is 0 Å². The van der Waals surface area contributed by atoms with Crippen molar-refractivity contribution in [3.8, 4) is 17.2 Å². The number of aliphatic hydroxyl groups is 1. The van der Waals surface area contributed by atoms with Crippen molar-refractivity contribution in [2.24, 2.45) is 0 Å². The first kappa shape index (κ1) is 24.9. The highest BCUT2D eigenvalue weighted by molar-refractivity contribution is 6.46. The zero-order valence-electron chi connectivity index (χ0n) is 20.8. The molecule has 1 amide bonds. The first-order valence-electron chi connectivity index (χ1n) is 11.6. The molecule has 0 bridgehead atoms. The van der Waals surface area contributed by atoms with Crippen LogP contribution >= 0.6 is 0 Å². The fourth-order valence-corrected chi connectivity index (χ4v) is 4.31. The molecule has 0 radical (unpaired) electrons. The SMILES string of the molecule is COc1ccc(OCCN2C(=O)C(=O)/C(=C(/O)c3cc(C)ccc3C)C2c2ccc(OC)cc2)cc1. The molecule has 7 heteroatoms. The van der Waals surface area contributed by atoms with E-state index in [2.05, 4.69) is 0 Å². The fourth-order valence-electron chi connectivity index (χ4n) is 4.31. The molecule has 1 aliphatic rings. The van der Waals surface area contributed by atoms with E-state index in [1.807, 2.05) is 32.0 Å². The number of nitrogens with zero attached hydrogens (tertiary/aromatic N) is 1. The number of Topliss-reactive ketones (excluding diaryl/α,β-unsaturated/α-hetero) is 1. The van der Waals surface area contributed by atoms with Crippen LogP contribution < -0.4 is 14.2 Å². The summed E-state index contributed by atoms with van der Waals surface area (Å²) >= 11 is 0. The number of rotatable bonds is 8. The van der Waals surface area contributed by atoms with Gasteiger partial charge >= 0.3 is 0 Å². The molecular weight excluding hydrogens is 458 g/mol. The summed E-state index contributed by atoms with van der Waals surface area (Å²) in [5.41, 5.74) is 3.02. The van der Waals surface area contributed by atoms with Crippen LogP contribution in [0.3, 0.4) is 0 Å². The highest BCUT2D eigenvalue weighted by Crippen LogP contribution is 2.40. The van der Waals surface area contributed by atoms with E-state index in [9.17, 15) is 14.7 Å². The molecule has 3 aromatic carbocycles. The van der Waals surface area contributed by atoms with Crippen LogP contribution in [0.2, 0.25) is 0 Å². The molecular formula is C29H29NO6. The molecule has 3 aromatic rings. The van der Waals surface area contributed by atoms with E-state index in [-0.39, 0.29) is 24.5 Å². The van der Waals surface area contributed by atoms with Crippen LogP contribution in [0.5, 0.6) is 17.2 Å². The number of aryl methyl sites for hydroxylation is 2. The highest BCUT2D eigenvalue weighted by Gasteiger charge is 2.46. The van der Waals surface area contributed by atoms with E-state index in [0.717, 1.165) is 11.1 Å². The molecule has 186 valence electrons. The van der Waals surface area contributed by atoms with Gasteiger partial charge in [0.1, 0.15) is 29.6 Å². The molecule has 4 rings (SSSR count). The third-order valence-electron chi connectivity index (χ3n) is 6.28. The number of aliphatic hydroxyl groups excluding tert-OH is 1. The van der Waals surface area contributed by atoms with Crippen molar-refractivity contribution in [2.45, 2.75) is 19.9 Å². The number of likely N-dealkylation sites (tertiary alicyclic amines) is 1. The predicted octanol–water partition coefficient (Wildman–Crippen LogP) is 4.82. The molecule has 1 atom stereocenters. The minimum atomic E-state index is -0.768. The summed E-state index contributed by atoms with van der Waals surface area (Å²) in [5, 5.41) is 11.3. The molecule has 7 nitrogen and oxygen atoms in total. The molecule has 0 spiro atoms. The van der Waals surface area contributed by atoms with Gasteiger partial charge in [-0.05, 0) is 67.4 Å². The van der Waals surface area contributed by atoms with Gasteiger partial charge in [0.25, 0.3) is 11.7 Å². The quantitative estimate of drug-likeness (QED) is 0.279. The van der Waals surface area contributed by atoms with Crippen molar-refractivity contribution in [3.63, 3.8) is 0 Å². The number of ketones is 1. The van der Waals surface area contributed by atoms with Gasteiger partial charge in [-0.2, -0.15) is 0 Å². The minimum Gasteiger partial charge on any atom is -0.507 e. The Kier molecular flexibility index (Phi) is 7.29. The number of benzene rings is 3. The summed E-state index contributed by atoms with van der Waals surface area (Å²) in [4.78, 5) is 27.9. The Bertz CT molecular complexity index is 1290. The summed E-state index contributed by atoms with van der Waals surface area (Å²) in [5.74, 6) is 0.379. The van der Waals surface area contributed by atoms with Crippen molar-refractivity contribution in [1.29, 1.82) is 0 Å². The number of carbonyl (C=O) groups is 2. The number of hydrogen-bond acceptors (Lipinski definition) is 6. The smallest absolute Gasteiger partial charge is 0.295 e. The zero-order valence-corrected chi connectivity index (χ0v) is 20.8. The second kappa shape index (κ2) is 10.6. The molecule has 1 saturated heterocycles. The van der Waals surface area contributed by atoms with Crippen LogP contribution in [0, 0.1) is 13.8 Å². The van der Waals surface area contributed by atoms with Gasteiger partial charge in [0.2, 0.25) is 0 Å². The number of ether oxygens (including phenoxy) is 3. The lowest BCUT2D eigenvalue weighted by atomic mass is 9.93. The summed E-state index contributed by atoms with van der Waals surface area (Å²) in [7, 11) is 3.15. The van der Waals surface area contributed by atoms with E-state index in [0.29, 0.717) is 28.4 Å². The third kappa shape index (κ3) is 4.91. The van der Waals surface area contributed by atoms with E-state index < -0.39 is 17.7 Å². The third-order valence-corrected chi connectivity index (χ3v) is 6.28. The second-order valence-electron chi connectivity index (χ2n) is 8.61.